The van der Waals surface area contributed by atoms with Gasteiger partial charge in [-0.15, -0.1) is 16.4 Å². The van der Waals surface area contributed by atoms with E-state index in [1.54, 1.807) is 17.4 Å². The monoisotopic (exact) mass is 431 g/mol. The Kier molecular flexibility index (Phi) is 7.25. The van der Waals surface area contributed by atoms with Gasteiger partial charge in [-0.2, -0.15) is 0 Å². The summed E-state index contributed by atoms with van der Waals surface area (Å²) in [7, 11) is 1.54. The highest BCUT2D eigenvalue weighted by Gasteiger charge is 2.11. The molecule has 0 spiro atoms. The summed E-state index contributed by atoms with van der Waals surface area (Å²) in [4.78, 5) is 29.7. The van der Waals surface area contributed by atoms with Crippen LogP contribution in [0.4, 0.5) is 5.69 Å². The number of hydrogen-bond donors (Lipinski definition) is 3. The zero-order valence-electron chi connectivity index (χ0n) is 16.0. The first kappa shape index (κ1) is 20.9. The fraction of sp³-hybridized carbons (Fsp3) is 0.263. The molecule has 152 valence electrons. The standard InChI is InChI=1S/C19H21N5O3S2/c1-12-5-6-15(27-2)14(8-12)21-17(25)10-20-18(26)11-29-19-22-16(23-24-19)9-13-4-3-7-28-13/h3-8H,9-11H2,1-2H3,(H,20,26)(H,21,25)(H,22,23,24). The second kappa shape index (κ2) is 10.1. The third kappa shape index (κ3) is 6.33. The molecular weight excluding hydrogens is 410 g/mol. The second-order valence-electron chi connectivity index (χ2n) is 6.14. The van der Waals surface area contributed by atoms with Crippen LogP contribution in [-0.4, -0.2) is 46.4 Å². The minimum Gasteiger partial charge on any atom is -0.495 e. The third-order valence-corrected chi connectivity index (χ3v) is 5.56. The number of nitrogens with zero attached hydrogens (tertiary/aromatic N) is 2. The van der Waals surface area contributed by atoms with Gasteiger partial charge in [-0.3, -0.25) is 14.7 Å². The van der Waals surface area contributed by atoms with Crippen molar-refractivity contribution in [3.8, 4) is 5.75 Å². The Morgan fingerprint density at radius 2 is 2.14 bits per heavy atom. The number of aryl methyl sites for hydroxylation is 1. The molecule has 3 N–H and O–H groups in total. The van der Waals surface area contributed by atoms with Crippen LogP contribution in [0, 0.1) is 6.92 Å². The number of benzene rings is 1. The maximum absolute atomic E-state index is 12.1. The van der Waals surface area contributed by atoms with Crippen molar-refractivity contribution in [1.29, 1.82) is 0 Å². The molecule has 0 aliphatic carbocycles. The molecule has 0 aliphatic rings. The van der Waals surface area contributed by atoms with E-state index in [0.717, 1.165) is 11.4 Å². The number of thiophene rings is 1. The number of hydrogen-bond acceptors (Lipinski definition) is 7. The van der Waals surface area contributed by atoms with E-state index in [1.807, 2.05) is 36.6 Å². The molecule has 2 heterocycles. The number of carbonyl (C=O) groups is 2. The fourth-order valence-electron chi connectivity index (χ4n) is 2.47. The molecule has 0 aliphatic heterocycles. The SMILES string of the molecule is COc1ccc(C)cc1NC(=O)CNC(=O)CSc1n[nH]c(Cc2cccs2)n1. The normalized spacial score (nSPS) is 10.6. The Morgan fingerprint density at radius 3 is 2.90 bits per heavy atom. The lowest BCUT2D eigenvalue weighted by molar-refractivity contribution is -0.122. The predicted molar refractivity (Wildman–Crippen MR) is 114 cm³/mol. The summed E-state index contributed by atoms with van der Waals surface area (Å²) < 4.78 is 5.23. The number of methoxy groups -OCH3 is 1. The average molecular weight is 432 g/mol. The molecule has 10 heteroatoms. The number of amides is 2. The van der Waals surface area contributed by atoms with E-state index in [0.29, 0.717) is 23.0 Å². The first-order valence-electron chi connectivity index (χ1n) is 8.81. The molecule has 0 atom stereocenters. The Balaban J connectivity index is 1.41. The summed E-state index contributed by atoms with van der Waals surface area (Å²) in [6, 6.07) is 9.50. The molecule has 8 nitrogen and oxygen atoms in total. The van der Waals surface area contributed by atoms with Gasteiger partial charge in [0.1, 0.15) is 11.6 Å². The van der Waals surface area contributed by atoms with Gasteiger partial charge >= 0.3 is 0 Å². The van der Waals surface area contributed by atoms with E-state index in [2.05, 4.69) is 25.8 Å². The molecule has 0 saturated heterocycles. The number of anilines is 1. The van der Waals surface area contributed by atoms with E-state index in [1.165, 1.54) is 23.7 Å². The van der Waals surface area contributed by atoms with Crippen molar-refractivity contribution in [2.75, 3.05) is 24.7 Å². The van der Waals surface area contributed by atoms with Gasteiger partial charge in [0, 0.05) is 11.3 Å². The van der Waals surface area contributed by atoms with Gasteiger partial charge in [0.05, 0.1) is 25.1 Å². The number of aromatic amines is 1. The first-order valence-corrected chi connectivity index (χ1v) is 10.7. The first-order chi connectivity index (χ1) is 14.0. The van der Waals surface area contributed by atoms with Crippen LogP contribution < -0.4 is 15.4 Å². The number of nitrogens with one attached hydrogen (secondary N) is 3. The van der Waals surface area contributed by atoms with Crippen molar-refractivity contribution in [3.05, 3.63) is 52.0 Å². The summed E-state index contributed by atoms with van der Waals surface area (Å²) in [5.74, 6) is 0.835. The van der Waals surface area contributed by atoms with Crippen molar-refractivity contribution in [1.82, 2.24) is 20.5 Å². The van der Waals surface area contributed by atoms with Crippen LogP contribution >= 0.6 is 23.1 Å². The van der Waals surface area contributed by atoms with Gasteiger partial charge in [0.25, 0.3) is 0 Å². The van der Waals surface area contributed by atoms with E-state index >= 15 is 0 Å². The van der Waals surface area contributed by atoms with Gasteiger partial charge < -0.3 is 15.4 Å². The summed E-state index contributed by atoms with van der Waals surface area (Å²) in [6.07, 6.45) is 0.681. The largest absolute Gasteiger partial charge is 0.495 e. The molecule has 2 aromatic heterocycles. The molecule has 0 unspecified atom stereocenters. The molecule has 0 bridgehead atoms. The van der Waals surface area contributed by atoms with E-state index in [-0.39, 0.29) is 24.1 Å². The summed E-state index contributed by atoms with van der Waals surface area (Å²) in [5, 5.41) is 14.8. The maximum Gasteiger partial charge on any atom is 0.243 e. The van der Waals surface area contributed by atoms with Crippen LogP contribution in [-0.2, 0) is 16.0 Å². The van der Waals surface area contributed by atoms with Gasteiger partial charge in [-0.25, -0.2) is 4.98 Å². The molecule has 3 rings (SSSR count). The van der Waals surface area contributed by atoms with Crippen LogP contribution in [0.2, 0.25) is 0 Å². The minimum atomic E-state index is -0.330. The smallest absolute Gasteiger partial charge is 0.243 e. The molecule has 0 fully saturated rings. The lowest BCUT2D eigenvalue weighted by Gasteiger charge is -2.11. The highest BCUT2D eigenvalue weighted by atomic mass is 32.2. The van der Waals surface area contributed by atoms with Gasteiger partial charge in [0.2, 0.25) is 17.0 Å². The van der Waals surface area contributed by atoms with Crippen molar-refractivity contribution in [2.45, 2.75) is 18.5 Å². The van der Waals surface area contributed by atoms with E-state index in [9.17, 15) is 9.59 Å². The van der Waals surface area contributed by atoms with Crippen molar-refractivity contribution < 1.29 is 14.3 Å². The molecule has 3 aromatic rings. The number of thioether (sulfide) groups is 1. The maximum atomic E-state index is 12.1. The van der Waals surface area contributed by atoms with Crippen LogP contribution in [0.5, 0.6) is 5.75 Å². The van der Waals surface area contributed by atoms with Crippen LogP contribution in [0.25, 0.3) is 0 Å². The van der Waals surface area contributed by atoms with Crippen molar-refractivity contribution in [2.24, 2.45) is 0 Å². The Bertz CT molecular complexity index is 972. The van der Waals surface area contributed by atoms with E-state index < -0.39 is 0 Å². The highest BCUT2D eigenvalue weighted by Crippen LogP contribution is 2.25. The number of carbonyl (C=O) groups excluding carboxylic acids is 2. The number of rotatable bonds is 9. The zero-order chi connectivity index (χ0) is 20.6. The van der Waals surface area contributed by atoms with Crippen LogP contribution in [0.1, 0.15) is 16.3 Å². The number of aromatic nitrogens is 3. The molecule has 29 heavy (non-hydrogen) atoms. The molecule has 2 amide bonds. The molecule has 1 aromatic carbocycles. The topological polar surface area (TPSA) is 109 Å². The molecule has 0 saturated carbocycles. The number of H-pyrrole nitrogens is 1. The predicted octanol–water partition coefficient (Wildman–Crippen LogP) is 2.62. The zero-order valence-corrected chi connectivity index (χ0v) is 17.7. The summed E-state index contributed by atoms with van der Waals surface area (Å²) in [6.45, 7) is 1.79. The Labute approximate surface area is 176 Å². The lowest BCUT2D eigenvalue weighted by atomic mass is 10.2. The number of ether oxygens (including phenoxy) is 1. The fourth-order valence-corrected chi connectivity index (χ4v) is 3.83. The highest BCUT2D eigenvalue weighted by molar-refractivity contribution is 7.99. The van der Waals surface area contributed by atoms with Crippen molar-refractivity contribution in [3.63, 3.8) is 0 Å². The van der Waals surface area contributed by atoms with Crippen LogP contribution in [0.3, 0.4) is 0 Å². The minimum absolute atomic E-state index is 0.122. The Hall–Kier alpha value is -2.85. The van der Waals surface area contributed by atoms with E-state index in [4.69, 9.17) is 4.74 Å². The lowest BCUT2D eigenvalue weighted by Crippen LogP contribution is -2.34. The quantitative estimate of drug-likeness (QED) is 0.450. The third-order valence-electron chi connectivity index (χ3n) is 3.84. The van der Waals surface area contributed by atoms with Crippen molar-refractivity contribution >= 4 is 40.6 Å². The summed E-state index contributed by atoms with van der Waals surface area (Å²) in [5.41, 5.74) is 1.56. The molecule has 0 radical (unpaired) electrons. The second-order valence-corrected chi connectivity index (χ2v) is 8.11. The van der Waals surface area contributed by atoms with Crippen LogP contribution in [0.15, 0.2) is 40.9 Å². The summed E-state index contributed by atoms with van der Waals surface area (Å²) >= 11 is 2.87. The van der Waals surface area contributed by atoms with Gasteiger partial charge in [-0.05, 0) is 36.1 Å². The Morgan fingerprint density at radius 1 is 1.28 bits per heavy atom. The average Bonchev–Trinajstić information content (AvgIpc) is 3.37. The molecular formula is C19H21N5O3S2. The van der Waals surface area contributed by atoms with Gasteiger partial charge in [0.15, 0.2) is 0 Å². The van der Waals surface area contributed by atoms with Gasteiger partial charge in [-0.1, -0.05) is 23.9 Å².